The van der Waals surface area contributed by atoms with Gasteiger partial charge in [0.2, 0.25) is 0 Å². The summed E-state index contributed by atoms with van der Waals surface area (Å²) in [6.07, 6.45) is 1.46. The quantitative estimate of drug-likeness (QED) is 0.402. The summed E-state index contributed by atoms with van der Waals surface area (Å²) in [5, 5.41) is 10.8. The summed E-state index contributed by atoms with van der Waals surface area (Å²) >= 11 is 12.2. The highest BCUT2D eigenvalue weighted by molar-refractivity contribution is 9.13. The fraction of sp³-hybridized carbons (Fsp3) is 0. The second kappa shape index (κ2) is 5.85. The second-order valence-corrected chi connectivity index (χ2v) is 5.40. The van der Waals surface area contributed by atoms with Crippen molar-refractivity contribution >= 4 is 61.1 Å². The molecule has 0 aliphatic carbocycles. The molecule has 0 aliphatic rings. The van der Waals surface area contributed by atoms with E-state index in [0.29, 0.717) is 16.1 Å². The Labute approximate surface area is 129 Å². The minimum atomic E-state index is -0.554. The fourth-order valence-corrected chi connectivity index (χ4v) is 2.08. The van der Waals surface area contributed by atoms with E-state index in [0.717, 1.165) is 4.47 Å². The van der Waals surface area contributed by atoms with E-state index in [9.17, 15) is 10.1 Å². The highest BCUT2D eigenvalue weighted by atomic mass is 79.9. The molecular weight excluding hydrogens is 403 g/mol. The van der Waals surface area contributed by atoms with Gasteiger partial charge in [0.25, 0.3) is 5.69 Å². The Bertz CT molecular complexity index is 650. The number of benzene rings is 1. The van der Waals surface area contributed by atoms with Crippen molar-refractivity contribution in [2.75, 3.05) is 0 Å². The zero-order valence-electron chi connectivity index (χ0n) is 9.14. The van der Waals surface area contributed by atoms with E-state index in [1.165, 1.54) is 18.3 Å². The number of halogens is 3. The first-order valence-corrected chi connectivity index (χ1v) is 6.86. The largest absolute Gasteiger partial charge is 0.447 e. The first-order chi connectivity index (χ1) is 8.97. The van der Waals surface area contributed by atoms with Gasteiger partial charge >= 0.3 is 0 Å². The van der Waals surface area contributed by atoms with Crippen molar-refractivity contribution in [1.82, 2.24) is 0 Å². The first kappa shape index (κ1) is 14.2. The monoisotopic (exact) mass is 406 g/mol. The van der Waals surface area contributed by atoms with E-state index >= 15 is 0 Å². The predicted molar refractivity (Wildman–Crippen MR) is 79.5 cm³/mol. The lowest BCUT2D eigenvalue weighted by Gasteiger charge is -1.96. The molecule has 0 aliphatic heterocycles. The zero-order chi connectivity index (χ0) is 14.0. The van der Waals surface area contributed by atoms with Crippen LogP contribution in [0.3, 0.4) is 0 Å². The van der Waals surface area contributed by atoms with Gasteiger partial charge in [0.1, 0.15) is 10.8 Å². The number of nitrogens with zero attached hydrogens (tertiary/aromatic N) is 2. The predicted octanol–water partition coefficient (Wildman–Crippen LogP) is 5.12. The molecule has 0 saturated heterocycles. The molecule has 0 atom stereocenters. The fourth-order valence-electron chi connectivity index (χ4n) is 1.29. The van der Waals surface area contributed by atoms with Crippen molar-refractivity contribution < 1.29 is 9.34 Å². The minimum absolute atomic E-state index is 0.0763. The van der Waals surface area contributed by atoms with Gasteiger partial charge in [-0.3, -0.25) is 15.1 Å². The summed E-state index contributed by atoms with van der Waals surface area (Å²) in [6.45, 7) is 0. The molecule has 1 aromatic heterocycles. The lowest BCUT2D eigenvalue weighted by atomic mass is 10.3. The summed E-state index contributed by atoms with van der Waals surface area (Å²) in [4.78, 5) is 14.3. The van der Waals surface area contributed by atoms with Gasteiger partial charge in [0, 0.05) is 12.1 Å². The standard InChI is InChI=1S/C11H5Br2ClN2O3/c12-8-4-7(19-11(8)13)5-15-6-1-2-9(14)10(3-6)16(17)18/h1-5H. The van der Waals surface area contributed by atoms with Gasteiger partial charge < -0.3 is 4.42 Å². The van der Waals surface area contributed by atoms with Crippen LogP contribution in [0, 0.1) is 10.1 Å². The van der Waals surface area contributed by atoms with E-state index < -0.39 is 4.92 Å². The van der Waals surface area contributed by atoms with E-state index in [-0.39, 0.29) is 10.7 Å². The number of nitro groups is 1. The topological polar surface area (TPSA) is 68.6 Å². The summed E-state index contributed by atoms with van der Waals surface area (Å²) in [6, 6.07) is 6.03. The molecule has 0 bridgehead atoms. The maximum atomic E-state index is 10.7. The first-order valence-electron chi connectivity index (χ1n) is 4.90. The third kappa shape index (κ3) is 3.43. The van der Waals surface area contributed by atoms with Crippen molar-refractivity contribution in [2.24, 2.45) is 4.99 Å². The molecule has 0 unspecified atom stereocenters. The van der Waals surface area contributed by atoms with Crippen molar-refractivity contribution in [2.45, 2.75) is 0 Å². The molecule has 0 spiro atoms. The number of hydrogen-bond acceptors (Lipinski definition) is 4. The molecule has 19 heavy (non-hydrogen) atoms. The van der Waals surface area contributed by atoms with Gasteiger partial charge in [0.15, 0.2) is 4.67 Å². The molecule has 2 rings (SSSR count). The van der Waals surface area contributed by atoms with Gasteiger partial charge in [-0.2, -0.15) is 0 Å². The van der Waals surface area contributed by atoms with Gasteiger partial charge in [-0.05, 0) is 44.0 Å². The van der Waals surface area contributed by atoms with Crippen LogP contribution in [0.2, 0.25) is 5.02 Å². The van der Waals surface area contributed by atoms with Crippen LogP contribution in [-0.2, 0) is 0 Å². The Morgan fingerprint density at radius 2 is 2.11 bits per heavy atom. The molecule has 1 heterocycles. The molecule has 5 nitrogen and oxygen atoms in total. The van der Waals surface area contributed by atoms with Crippen LogP contribution in [0.25, 0.3) is 0 Å². The molecule has 0 N–H and O–H groups in total. The second-order valence-electron chi connectivity index (χ2n) is 3.42. The average Bonchev–Trinajstić information content (AvgIpc) is 2.67. The average molecular weight is 408 g/mol. The molecule has 98 valence electrons. The molecular formula is C11H5Br2ClN2O3. The molecule has 0 fully saturated rings. The number of rotatable bonds is 3. The molecule has 0 saturated carbocycles. The Morgan fingerprint density at radius 3 is 2.68 bits per heavy atom. The SMILES string of the molecule is O=[N+]([O-])c1cc(N=Cc2cc(Br)c(Br)o2)ccc1Cl. The Kier molecular flexibility index (Phi) is 4.38. The summed E-state index contributed by atoms with van der Waals surface area (Å²) < 4.78 is 6.61. The van der Waals surface area contributed by atoms with Crippen LogP contribution in [0.15, 0.2) is 42.8 Å². The number of furan rings is 1. The van der Waals surface area contributed by atoms with Crippen LogP contribution >= 0.6 is 43.5 Å². The lowest BCUT2D eigenvalue weighted by molar-refractivity contribution is -0.384. The molecule has 8 heteroatoms. The third-order valence-corrected chi connectivity index (χ3v) is 4.16. The van der Waals surface area contributed by atoms with Crippen molar-refractivity contribution in [3.8, 4) is 0 Å². The Balaban J connectivity index is 2.28. The summed E-state index contributed by atoms with van der Waals surface area (Å²) in [7, 11) is 0. The highest BCUT2D eigenvalue weighted by Crippen LogP contribution is 2.29. The number of aliphatic imine (C=N–C) groups is 1. The van der Waals surface area contributed by atoms with Gasteiger partial charge in [-0.1, -0.05) is 11.6 Å². The minimum Gasteiger partial charge on any atom is -0.447 e. The van der Waals surface area contributed by atoms with Gasteiger partial charge in [0.05, 0.1) is 21.3 Å². The Hall–Kier alpha value is -1.18. The van der Waals surface area contributed by atoms with E-state index in [4.69, 9.17) is 16.0 Å². The van der Waals surface area contributed by atoms with Crippen LogP contribution in [-0.4, -0.2) is 11.1 Å². The smallest absolute Gasteiger partial charge is 0.290 e. The van der Waals surface area contributed by atoms with Gasteiger partial charge in [-0.15, -0.1) is 0 Å². The van der Waals surface area contributed by atoms with Crippen LogP contribution in [0.1, 0.15) is 5.76 Å². The lowest BCUT2D eigenvalue weighted by Crippen LogP contribution is -1.88. The normalized spacial score (nSPS) is 11.1. The third-order valence-electron chi connectivity index (χ3n) is 2.13. The zero-order valence-corrected chi connectivity index (χ0v) is 13.1. The molecule has 0 amide bonds. The van der Waals surface area contributed by atoms with Gasteiger partial charge in [-0.25, -0.2) is 0 Å². The molecule has 0 radical (unpaired) electrons. The van der Waals surface area contributed by atoms with E-state index in [1.54, 1.807) is 12.1 Å². The van der Waals surface area contributed by atoms with Crippen LogP contribution in [0.5, 0.6) is 0 Å². The maximum absolute atomic E-state index is 10.7. The van der Waals surface area contributed by atoms with Crippen molar-refractivity contribution in [1.29, 1.82) is 0 Å². The van der Waals surface area contributed by atoms with Crippen molar-refractivity contribution in [3.63, 3.8) is 0 Å². The van der Waals surface area contributed by atoms with E-state index in [1.807, 2.05) is 0 Å². The van der Waals surface area contributed by atoms with Crippen molar-refractivity contribution in [3.05, 3.63) is 54.3 Å². The maximum Gasteiger partial charge on any atom is 0.290 e. The van der Waals surface area contributed by atoms with E-state index in [2.05, 4.69) is 36.9 Å². The summed E-state index contributed by atoms with van der Waals surface area (Å²) in [5.41, 5.74) is 0.234. The van der Waals surface area contributed by atoms with Crippen LogP contribution < -0.4 is 0 Å². The number of nitro benzene ring substituents is 1. The summed E-state index contributed by atoms with van der Waals surface area (Å²) in [5.74, 6) is 0.511. The Morgan fingerprint density at radius 1 is 1.37 bits per heavy atom. The highest BCUT2D eigenvalue weighted by Gasteiger charge is 2.12. The molecule has 2 aromatic rings. The van der Waals surface area contributed by atoms with Crippen LogP contribution in [0.4, 0.5) is 11.4 Å². The molecule has 1 aromatic carbocycles. The number of hydrogen-bond donors (Lipinski definition) is 0.